The number of carbonyl (C=O) groups is 3. The highest BCUT2D eigenvalue weighted by atomic mass is 16.6. The molecule has 0 saturated heterocycles. The van der Waals surface area contributed by atoms with Crippen LogP contribution in [0.25, 0.3) is 0 Å². The monoisotopic (exact) mass is 392 g/mol. The first-order valence-corrected chi connectivity index (χ1v) is 10.2. The maximum absolute atomic E-state index is 11.4. The summed E-state index contributed by atoms with van der Waals surface area (Å²) in [7, 11) is 0. The average Bonchev–Trinajstić information content (AvgIpc) is 2.69. The molecule has 0 saturated carbocycles. The number of hydrogen-bond donors (Lipinski definition) is 1. The van der Waals surface area contributed by atoms with Crippen molar-refractivity contribution in [1.29, 1.82) is 0 Å². The van der Waals surface area contributed by atoms with Gasteiger partial charge < -0.3 is 14.6 Å². The Morgan fingerprint density at radius 1 is 0.857 bits per heavy atom. The van der Waals surface area contributed by atoms with Gasteiger partial charge in [0.2, 0.25) is 5.78 Å². The van der Waals surface area contributed by atoms with Crippen molar-refractivity contribution in [3.8, 4) is 5.75 Å². The molecule has 0 heterocycles. The molecule has 6 heteroatoms. The van der Waals surface area contributed by atoms with E-state index in [4.69, 9.17) is 14.6 Å². The lowest BCUT2D eigenvalue weighted by Crippen LogP contribution is -2.16. The van der Waals surface area contributed by atoms with Crippen LogP contribution in [-0.2, 0) is 25.5 Å². The summed E-state index contributed by atoms with van der Waals surface area (Å²) in [5, 5.41) is 8.43. The van der Waals surface area contributed by atoms with Crippen LogP contribution in [-0.4, -0.2) is 36.0 Å². The van der Waals surface area contributed by atoms with E-state index in [-0.39, 0.29) is 26.1 Å². The van der Waals surface area contributed by atoms with Gasteiger partial charge in [-0.25, -0.2) is 4.79 Å². The Bertz CT molecular complexity index is 594. The molecule has 156 valence electrons. The summed E-state index contributed by atoms with van der Waals surface area (Å²) in [6.45, 7) is 2.49. The van der Waals surface area contributed by atoms with E-state index in [1.54, 1.807) is 0 Å². The lowest BCUT2D eigenvalue weighted by molar-refractivity contribution is -0.151. The van der Waals surface area contributed by atoms with Crippen LogP contribution < -0.4 is 4.74 Å². The third-order valence-corrected chi connectivity index (χ3v) is 4.40. The summed E-state index contributed by atoms with van der Waals surface area (Å²) < 4.78 is 10.4. The SMILES string of the molecule is CCCCCCCCCc1ccc(OCCOC(=O)CCC(=O)C(=O)O)cc1. The number of aryl methyl sites for hydroxylation is 1. The van der Waals surface area contributed by atoms with Gasteiger partial charge >= 0.3 is 11.9 Å². The van der Waals surface area contributed by atoms with Crippen LogP contribution in [0.15, 0.2) is 24.3 Å². The van der Waals surface area contributed by atoms with Gasteiger partial charge in [-0.05, 0) is 30.5 Å². The number of carboxylic acids is 1. The van der Waals surface area contributed by atoms with Crippen molar-refractivity contribution in [2.45, 2.75) is 71.1 Å². The van der Waals surface area contributed by atoms with Gasteiger partial charge in [-0.1, -0.05) is 57.6 Å². The summed E-state index contributed by atoms with van der Waals surface area (Å²) in [4.78, 5) is 32.6. The molecule has 0 amide bonds. The van der Waals surface area contributed by atoms with Crippen LogP contribution in [0.1, 0.15) is 70.3 Å². The molecule has 1 N–H and O–H groups in total. The van der Waals surface area contributed by atoms with Crippen LogP contribution in [0.2, 0.25) is 0 Å². The second-order valence-corrected chi connectivity index (χ2v) is 6.81. The van der Waals surface area contributed by atoms with Crippen molar-refractivity contribution >= 4 is 17.7 Å². The minimum absolute atomic E-state index is 0.0554. The predicted octanol–water partition coefficient (Wildman–Crippen LogP) is 4.34. The third-order valence-electron chi connectivity index (χ3n) is 4.40. The maximum atomic E-state index is 11.4. The number of aliphatic carboxylic acids is 1. The first-order chi connectivity index (χ1) is 13.5. The first kappa shape index (κ1) is 23.7. The zero-order valence-electron chi connectivity index (χ0n) is 16.8. The number of rotatable bonds is 16. The molecule has 0 aliphatic heterocycles. The van der Waals surface area contributed by atoms with Crippen LogP contribution in [0.3, 0.4) is 0 Å². The highest BCUT2D eigenvalue weighted by Gasteiger charge is 2.14. The normalized spacial score (nSPS) is 10.5. The predicted molar refractivity (Wildman–Crippen MR) is 106 cm³/mol. The lowest BCUT2D eigenvalue weighted by atomic mass is 10.0. The third kappa shape index (κ3) is 11.4. The van der Waals surface area contributed by atoms with Gasteiger partial charge in [0.15, 0.2) is 0 Å². The Hall–Kier alpha value is -2.37. The van der Waals surface area contributed by atoms with Crippen LogP contribution in [0, 0.1) is 0 Å². The molecule has 0 atom stereocenters. The molecule has 0 spiro atoms. The fraction of sp³-hybridized carbons (Fsp3) is 0.591. The van der Waals surface area contributed by atoms with Crippen molar-refractivity contribution in [2.24, 2.45) is 0 Å². The van der Waals surface area contributed by atoms with Crippen LogP contribution >= 0.6 is 0 Å². The zero-order chi connectivity index (χ0) is 20.6. The molecule has 1 rings (SSSR count). The van der Waals surface area contributed by atoms with E-state index in [1.165, 1.54) is 50.5 Å². The Labute approximate surface area is 167 Å². The van der Waals surface area contributed by atoms with E-state index in [0.29, 0.717) is 5.75 Å². The van der Waals surface area contributed by atoms with Gasteiger partial charge in [0.1, 0.15) is 19.0 Å². The maximum Gasteiger partial charge on any atom is 0.372 e. The molecule has 6 nitrogen and oxygen atoms in total. The fourth-order valence-electron chi connectivity index (χ4n) is 2.75. The van der Waals surface area contributed by atoms with E-state index < -0.39 is 17.7 Å². The zero-order valence-corrected chi connectivity index (χ0v) is 16.8. The van der Waals surface area contributed by atoms with E-state index in [0.717, 1.165) is 6.42 Å². The minimum Gasteiger partial charge on any atom is -0.490 e. The minimum atomic E-state index is -1.54. The number of benzene rings is 1. The molecular weight excluding hydrogens is 360 g/mol. The van der Waals surface area contributed by atoms with Crippen LogP contribution in [0.4, 0.5) is 0 Å². The number of ketones is 1. The molecule has 28 heavy (non-hydrogen) atoms. The van der Waals surface area contributed by atoms with Gasteiger partial charge in [0.05, 0.1) is 6.42 Å². The molecule has 1 aromatic carbocycles. The topological polar surface area (TPSA) is 89.9 Å². The highest BCUT2D eigenvalue weighted by Crippen LogP contribution is 2.15. The molecule has 0 radical (unpaired) electrons. The van der Waals surface area contributed by atoms with Gasteiger partial charge in [0, 0.05) is 6.42 Å². The molecule has 0 aliphatic rings. The Kier molecular flexibility index (Phi) is 12.4. The number of carboxylic acid groups (broad SMARTS) is 1. The number of hydrogen-bond acceptors (Lipinski definition) is 5. The van der Waals surface area contributed by atoms with E-state index in [9.17, 15) is 14.4 Å². The molecule has 0 aliphatic carbocycles. The first-order valence-electron chi connectivity index (χ1n) is 10.2. The smallest absolute Gasteiger partial charge is 0.372 e. The Morgan fingerprint density at radius 2 is 1.50 bits per heavy atom. The van der Waals surface area contributed by atoms with Gasteiger partial charge in [0.25, 0.3) is 0 Å². The van der Waals surface area contributed by atoms with Gasteiger partial charge in [-0.3, -0.25) is 9.59 Å². The lowest BCUT2D eigenvalue weighted by Gasteiger charge is -2.08. The average molecular weight is 392 g/mol. The van der Waals surface area contributed by atoms with Crippen molar-refractivity contribution in [3.63, 3.8) is 0 Å². The quantitative estimate of drug-likeness (QED) is 0.256. The number of carbonyl (C=O) groups excluding carboxylic acids is 2. The fourth-order valence-corrected chi connectivity index (χ4v) is 2.75. The number of unbranched alkanes of at least 4 members (excludes halogenated alkanes) is 6. The molecule has 0 fully saturated rings. The number of Topliss-reactive ketones (excluding diaryl/α,β-unsaturated/α-hetero) is 1. The van der Waals surface area contributed by atoms with Gasteiger partial charge in [-0.2, -0.15) is 0 Å². The van der Waals surface area contributed by atoms with Crippen molar-refractivity contribution in [3.05, 3.63) is 29.8 Å². The highest BCUT2D eigenvalue weighted by molar-refractivity contribution is 6.32. The summed E-state index contributed by atoms with van der Waals surface area (Å²) in [5.41, 5.74) is 1.29. The van der Waals surface area contributed by atoms with E-state index >= 15 is 0 Å². The van der Waals surface area contributed by atoms with Crippen LogP contribution in [0.5, 0.6) is 5.75 Å². The Morgan fingerprint density at radius 3 is 2.14 bits per heavy atom. The molecule has 0 bridgehead atoms. The standard InChI is InChI=1S/C22H32O6/c1-2-3-4-5-6-7-8-9-18-10-12-19(13-11-18)27-16-17-28-21(24)15-14-20(23)22(25)26/h10-13H,2-9,14-17H2,1H3,(H,25,26). The van der Waals surface area contributed by atoms with E-state index in [1.807, 2.05) is 12.1 Å². The van der Waals surface area contributed by atoms with E-state index in [2.05, 4.69) is 19.1 Å². The van der Waals surface area contributed by atoms with Gasteiger partial charge in [-0.15, -0.1) is 0 Å². The summed E-state index contributed by atoms with van der Waals surface area (Å²) in [5.74, 6) is -2.43. The number of ether oxygens (including phenoxy) is 2. The largest absolute Gasteiger partial charge is 0.490 e. The summed E-state index contributed by atoms with van der Waals surface area (Å²) in [6.07, 6.45) is 9.56. The van der Waals surface area contributed by atoms with Crippen molar-refractivity contribution in [1.82, 2.24) is 0 Å². The number of esters is 1. The second kappa shape index (κ2) is 14.7. The summed E-state index contributed by atoms with van der Waals surface area (Å²) in [6, 6.07) is 7.92. The van der Waals surface area contributed by atoms with Crippen molar-refractivity contribution in [2.75, 3.05) is 13.2 Å². The molecule has 1 aromatic rings. The van der Waals surface area contributed by atoms with Crippen molar-refractivity contribution < 1.29 is 29.0 Å². The summed E-state index contributed by atoms with van der Waals surface area (Å²) >= 11 is 0. The second-order valence-electron chi connectivity index (χ2n) is 6.81. The Balaban J connectivity index is 2.10. The molecular formula is C22H32O6. The molecule has 0 aromatic heterocycles. The molecule has 0 unspecified atom stereocenters.